The average Bonchev–Trinajstić information content (AvgIpc) is 1.99. The van der Waals surface area contributed by atoms with E-state index < -0.39 is 10.1 Å². The third-order valence-electron chi connectivity index (χ3n) is 1.95. The Labute approximate surface area is 91.2 Å². The van der Waals surface area contributed by atoms with Crippen molar-refractivity contribution in [1.29, 1.82) is 0 Å². The predicted octanol–water partition coefficient (Wildman–Crippen LogP) is 2.32. The molecule has 0 saturated heterocycles. The highest BCUT2D eigenvalue weighted by atomic mass is 32.2. The molecular weight excluding hydrogens is 212 g/mol. The standard InChI is InChI=1S/C11H16O3S/c1-11(2,3)9-6-5-7-10(8-9)14-15(4,12)13/h5-8H,1-4H3. The van der Waals surface area contributed by atoms with E-state index >= 15 is 0 Å². The van der Waals surface area contributed by atoms with Gasteiger partial charge in [-0.1, -0.05) is 32.9 Å². The molecule has 0 aliphatic heterocycles. The van der Waals surface area contributed by atoms with Gasteiger partial charge in [-0.25, -0.2) is 0 Å². The Bertz CT molecular complexity index is 441. The summed E-state index contributed by atoms with van der Waals surface area (Å²) in [4.78, 5) is 0. The first-order valence-electron chi connectivity index (χ1n) is 4.68. The summed E-state index contributed by atoms with van der Waals surface area (Å²) < 4.78 is 26.7. The molecule has 0 bridgehead atoms. The summed E-state index contributed by atoms with van der Waals surface area (Å²) in [5.74, 6) is 0.366. The van der Waals surface area contributed by atoms with Crippen LogP contribution in [0, 0.1) is 0 Å². The van der Waals surface area contributed by atoms with Crippen LogP contribution in [0.1, 0.15) is 26.3 Å². The highest BCUT2D eigenvalue weighted by molar-refractivity contribution is 7.86. The normalized spacial score (nSPS) is 12.5. The molecule has 0 aromatic heterocycles. The topological polar surface area (TPSA) is 43.4 Å². The molecule has 0 radical (unpaired) electrons. The Morgan fingerprint density at radius 2 is 1.80 bits per heavy atom. The van der Waals surface area contributed by atoms with Crippen molar-refractivity contribution < 1.29 is 12.6 Å². The second-order valence-electron chi connectivity index (χ2n) is 4.57. The first kappa shape index (κ1) is 12.0. The summed E-state index contributed by atoms with van der Waals surface area (Å²) in [6.07, 6.45) is 1.04. The van der Waals surface area contributed by atoms with Crippen molar-refractivity contribution in [3.8, 4) is 5.75 Å². The molecule has 0 amide bonds. The highest BCUT2D eigenvalue weighted by Crippen LogP contribution is 2.25. The maximum atomic E-state index is 10.9. The predicted molar refractivity (Wildman–Crippen MR) is 60.6 cm³/mol. The van der Waals surface area contributed by atoms with Gasteiger partial charge in [0.25, 0.3) is 0 Å². The van der Waals surface area contributed by atoms with E-state index in [1.807, 2.05) is 6.07 Å². The van der Waals surface area contributed by atoms with Crippen LogP contribution < -0.4 is 4.18 Å². The molecule has 15 heavy (non-hydrogen) atoms. The summed E-state index contributed by atoms with van der Waals surface area (Å²) in [6, 6.07) is 7.13. The molecule has 3 nitrogen and oxygen atoms in total. The van der Waals surface area contributed by atoms with Crippen LogP contribution in [0.25, 0.3) is 0 Å². The molecule has 4 heteroatoms. The van der Waals surface area contributed by atoms with Gasteiger partial charge in [-0.3, -0.25) is 0 Å². The Kier molecular flexibility index (Phi) is 3.09. The van der Waals surface area contributed by atoms with Gasteiger partial charge in [0.15, 0.2) is 0 Å². The fraction of sp³-hybridized carbons (Fsp3) is 0.455. The minimum atomic E-state index is -3.44. The van der Waals surface area contributed by atoms with Gasteiger partial charge in [-0.15, -0.1) is 0 Å². The number of hydrogen-bond donors (Lipinski definition) is 0. The minimum Gasteiger partial charge on any atom is -0.383 e. The number of benzene rings is 1. The van der Waals surface area contributed by atoms with Crippen LogP contribution in [0.2, 0.25) is 0 Å². The van der Waals surface area contributed by atoms with Crippen LogP contribution in [-0.4, -0.2) is 14.7 Å². The molecule has 0 spiro atoms. The Morgan fingerprint density at radius 3 is 2.27 bits per heavy atom. The number of rotatable bonds is 2. The minimum absolute atomic E-state index is 0.0170. The fourth-order valence-corrected chi connectivity index (χ4v) is 1.64. The molecule has 84 valence electrons. The van der Waals surface area contributed by atoms with Gasteiger partial charge in [-0.2, -0.15) is 8.42 Å². The van der Waals surface area contributed by atoms with E-state index in [4.69, 9.17) is 4.18 Å². The lowest BCUT2D eigenvalue weighted by atomic mass is 9.87. The van der Waals surface area contributed by atoms with Crippen molar-refractivity contribution >= 4 is 10.1 Å². The lowest BCUT2D eigenvalue weighted by molar-refractivity contribution is 0.490. The van der Waals surface area contributed by atoms with E-state index in [0.29, 0.717) is 5.75 Å². The molecule has 0 fully saturated rings. The van der Waals surface area contributed by atoms with E-state index in [1.54, 1.807) is 18.2 Å². The van der Waals surface area contributed by atoms with E-state index in [1.165, 1.54) is 0 Å². The van der Waals surface area contributed by atoms with Crippen LogP contribution in [-0.2, 0) is 15.5 Å². The van der Waals surface area contributed by atoms with Crippen LogP contribution in [0.4, 0.5) is 0 Å². The van der Waals surface area contributed by atoms with E-state index in [0.717, 1.165) is 11.8 Å². The largest absolute Gasteiger partial charge is 0.383 e. The molecule has 0 saturated carbocycles. The second-order valence-corrected chi connectivity index (χ2v) is 6.14. The van der Waals surface area contributed by atoms with Gasteiger partial charge in [-0.05, 0) is 23.1 Å². The van der Waals surface area contributed by atoms with Crippen LogP contribution >= 0.6 is 0 Å². The summed E-state index contributed by atoms with van der Waals surface area (Å²) in [6.45, 7) is 6.19. The van der Waals surface area contributed by atoms with Crippen molar-refractivity contribution in [2.24, 2.45) is 0 Å². The van der Waals surface area contributed by atoms with Gasteiger partial charge in [0.05, 0.1) is 6.26 Å². The van der Waals surface area contributed by atoms with Crippen molar-refractivity contribution in [1.82, 2.24) is 0 Å². The van der Waals surface area contributed by atoms with E-state index in [-0.39, 0.29) is 5.41 Å². The zero-order chi connectivity index (χ0) is 11.7. The molecule has 1 rings (SSSR count). The molecule has 0 unspecified atom stereocenters. The van der Waals surface area contributed by atoms with E-state index in [2.05, 4.69) is 20.8 Å². The molecule has 0 aliphatic rings. The summed E-state index contributed by atoms with van der Waals surface area (Å²) >= 11 is 0. The zero-order valence-electron chi connectivity index (χ0n) is 9.44. The maximum Gasteiger partial charge on any atom is 0.306 e. The van der Waals surface area contributed by atoms with Crippen molar-refractivity contribution in [2.45, 2.75) is 26.2 Å². The monoisotopic (exact) mass is 228 g/mol. The summed E-state index contributed by atoms with van der Waals surface area (Å²) in [5, 5.41) is 0. The van der Waals surface area contributed by atoms with Gasteiger partial charge in [0.2, 0.25) is 0 Å². The van der Waals surface area contributed by atoms with Crippen LogP contribution in [0.5, 0.6) is 5.75 Å². The fourth-order valence-electron chi connectivity index (χ4n) is 1.19. The quantitative estimate of drug-likeness (QED) is 0.730. The lowest BCUT2D eigenvalue weighted by Gasteiger charge is -2.19. The van der Waals surface area contributed by atoms with Gasteiger partial charge in [0, 0.05) is 0 Å². The zero-order valence-corrected chi connectivity index (χ0v) is 10.3. The number of hydrogen-bond acceptors (Lipinski definition) is 3. The first-order valence-corrected chi connectivity index (χ1v) is 6.50. The van der Waals surface area contributed by atoms with Crippen molar-refractivity contribution in [2.75, 3.05) is 6.26 Å². The molecule has 0 atom stereocenters. The molecule has 0 N–H and O–H groups in total. The first-order chi connectivity index (χ1) is 6.68. The van der Waals surface area contributed by atoms with E-state index in [9.17, 15) is 8.42 Å². The highest BCUT2D eigenvalue weighted by Gasteiger charge is 2.14. The van der Waals surface area contributed by atoms with Gasteiger partial charge >= 0.3 is 10.1 Å². The molecular formula is C11H16O3S. The maximum absolute atomic E-state index is 10.9. The average molecular weight is 228 g/mol. The van der Waals surface area contributed by atoms with Crippen molar-refractivity contribution in [3.05, 3.63) is 29.8 Å². The Balaban J connectivity index is 3.04. The third-order valence-corrected chi connectivity index (χ3v) is 2.44. The molecule has 1 aromatic rings. The lowest BCUT2D eigenvalue weighted by Crippen LogP contribution is -2.12. The molecule has 0 heterocycles. The molecule has 0 aliphatic carbocycles. The van der Waals surface area contributed by atoms with Crippen LogP contribution in [0.3, 0.4) is 0 Å². The Morgan fingerprint density at radius 1 is 1.20 bits per heavy atom. The van der Waals surface area contributed by atoms with Crippen LogP contribution in [0.15, 0.2) is 24.3 Å². The van der Waals surface area contributed by atoms with Gasteiger partial charge < -0.3 is 4.18 Å². The Hall–Kier alpha value is -1.03. The summed E-state index contributed by atoms with van der Waals surface area (Å²) in [7, 11) is -3.44. The SMILES string of the molecule is CC(C)(C)c1cccc(OS(C)(=O)=O)c1. The third kappa shape index (κ3) is 3.91. The smallest absolute Gasteiger partial charge is 0.306 e. The summed E-state index contributed by atoms with van der Waals surface area (Å²) in [5.41, 5.74) is 1.03. The molecule has 1 aromatic carbocycles. The van der Waals surface area contributed by atoms with Gasteiger partial charge in [0.1, 0.15) is 5.75 Å². The second kappa shape index (κ2) is 3.85. The van der Waals surface area contributed by atoms with Crippen molar-refractivity contribution in [3.63, 3.8) is 0 Å².